The maximum Gasteiger partial charge on any atom is 0.345 e. The number of carboxylic acid groups (broad SMARTS) is 1. The van der Waals surface area contributed by atoms with Gasteiger partial charge in [0.25, 0.3) is 0 Å². The number of aliphatic carboxylic acids is 1. The molecule has 0 aliphatic carbocycles. The summed E-state index contributed by atoms with van der Waals surface area (Å²) in [7, 11) is 0. The van der Waals surface area contributed by atoms with Crippen LogP contribution in [0, 0.1) is 5.41 Å². The van der Waals surface area contributed by atoms with Crippen molar-refractivity contribution >= 4 is 17.7 Å². The van der Waals surface area contributed by atoms with Crippen LogP contribution in [0.3, 0.4) is 0 Å². The number of carbonyl (C=O) groups is 2. The quantitative estimate of drug-likeness (QED) is 0.679. The van der Waals surface area contributed by atoms with Gasteiger partial charge in [-0.05, 0) is 0 Å². The van der Waals surface area contributed by atoms with E-state index in [9.17, 15) is 9.59 Å². The maximum atomic E-state index is 11.9. The van der Waals surface area contributed by atoms with Crippen LogP contribution in [0.5, 0.6) is 0 Å². The number of urea groups is 1. The fourth-order valence-electron chi connectivity index (χ4n) is 2.06. The Bertz CT molecular complexity index is 395. The van der Waals surface area contributed by atoms with E-state index in [0.717, 1.165) is 5.06 Å². The fraction of sp³-hybridized carbons (Fsp3) is 0.500. The second kappa shape index (κ2) is 4.17. The lowest BCUT2D eigenvalue weighted by Gasteiger charge is -2.27. The van der Waals surface area contributed by atoms with Crippen LogP contribution in [0.4, 0.5) is 4.79 Å². The Balaban J connectivity index is 2.20. The van der Waals surface area contributed by atoms with Crippen molar-refractivity contribution in [1.82, 2.24) is 9.96 Å². The molecule has 7 heteroatoms. The van der Waals surface area contributed by atoms with Crippen LogP contribution in [0.25, 0.3) is 0 Å². The molecule has 0 aromatic heterocycles. The third-order valence-corrected chi connectivity index (χ3v) is 2.90. The van der Waals surface area contributed by atoms with Crippen molar-refractivity contribution in [2.75, 3.05) is 13.2 Å². The second-order valence-electron chi connectivity index (χ2n) is 3.94. The van der Waals surface area contributed by atoms with Crippen molar-refractivity contribution in [2.24, 2.45) is 0 Å². The van der Waals surface area contributed by atoms with Crippen molar-refractivity contribution in [2.45, 2.75) is 18.5 Å². The molecule has 2 saturated heterocycles. The zero-order valence-electron chi connectivity index (χ0n) is 9.13. The monoisotopic (exact) mass is 239 g/mol. The molecule has 17 heavy (non-hydrogen) atoms. The maximum absolute atomic E-state index is 11.9. The summed E-state index contributed by atoms with van der Waals surface area (Å²) in [5.41, 5.74) is 0.212. The number of fused-ring (bicyclic) bond motifs is 2. The SMILES string of the molecule is C=CCON1C(=O)N2C[C@H]1C(=N)C[C@H]2C(=O)O. The third kappa shape index (κ3) is 1.78. The lowest BCUT2D eigenvalue weighted by Crippen LogP contribution is -2.48. The van der Waals surface area contributed by atoms with Gasteiger partial charge in [0.2, 0.25) is 0 Å². The van der Waals surface area contributed by atoms with Crippen molar-refractivity contribution < 1.29 is 19.5 Å². The molecule has 2 N–H and O–H groups in total. The van der Waals surface area contributed by atoms with Crippen LogP contribution in [0.15, 0.2) is 12.7 Å². The molecule has 0 saturated carbocycles. The smallest absolute Gasteiger partial charge is 0.345 e. The molecule has 2 fully saturated rings. The van der Waals surface area contributed by atoms with Gasteiger partial charge >= 0.3 is 12.0 Å². The number of hydrogen-bond donors (Lipinski definition) is 2. The zero-order chi connectivity index (χ0) is 12.6. The van der Waals surface area contributed by atoms with E-state index < -0.39 is 24.1 Å². The molecule has 2 aliphatic rings. The summed E-state index contributed by atoms with van der Waals surface area (Å²) >= 11 is 0. The minimum absolute atomic E-state index is 0.0552. The zero-order valence-corrected chi connectivity index (χ0v) is 9.13. The largest absolute Gasteiger partial charge is 0.480 e. The minimum Gasteiger partial charge on any atom is -0.480 e. The highest BCUT2D eigenvalue weighted by Gasteiger charge is 2.50. The fourth-order valence-corrected chi connectivity index (χ4v) is 2.06. The Morgan fingerprint density at radius 1 is 1.71 bits per heavy atom. The summed E-state index contributed by atoms with van der Waals surface area (Å²) in [4.78, 5) is 29.3. The lowest BCUT2D eigenvalue weighted by atomic mass is 9.99. The summed E-state index contributed by atoms with van der Waals surface area (Å²) < 4.78 is 0. The predicted octanol–water partition coefficient (Wildman–Crippen LogP) is 0.0869. The van der Waals surface area contributed by atoms with Gasteiger partial charge in [-0.1, -0.05) is 6.08 Å². The van der Waals surface area contributed by atoms with E-state index in [1.165, 1.54) is 11.0 Å². The molecule has 2 aliphatic heterocycles. The van der Waals surface area contributed by atoms with E-state index in [-0.39, 0.29) is 25.3 Å². The van der Waals surface area contributed by atoms with E-state index >= 15 is 0 Å². The van der Waals surface area contributed by atoms with Gasteiger partial charge in [-0.15, -0.1) is 6.58 Å². The number of nitrogens with one attached hydrogen (secondary N) is 1. The van der Waals surface area contributed by atoms with Gasteiger partial charge in [-0.25, -0.2) is 9.59 Å². The highest BCUT2D eigenvalue weighted by atomic mass is 16.7. The van der Waals surface area contributed by atoms with Gasteiger partial charge in [0.1, 0.15) is 12.1 Å². The average Bonchev–Trinajstić information content (AvgIpc) is 2.56. The van der Waals surface area contributed by atoms with Crippen LogP contribution in [0.1, 0.15) is 6.42 Å². The van der Waals surface area contributed by atoms with Crippen molar-refractivity contribution in [3.63, 3.8) is 0 Å². The number of nitrogens with zero attached hydrogens (tertiary/aromatic N) is 2. The van der Waals surface area contributed by atoms with Crippen LogP contribution < -0.4 is 0 Å². The summed E-state index contributed by atoms with van der Waals surface area (Å²) in [6.45, 7) is 3.82. The number of carbonyl (C=O) groups excluding carboxylic acids is 1. The topological polar surface area (TPSA) is 93.9 Å². The summed E-state index contributed by atoms with van der Waals surface area (Å²) in [5, 5.41) is 17.8. The van der Waals surface area contributed by atoms with Crippen LogP contribution in [0.2, 0.25) is 0 Å². The summed E-state index contributed by atoms with van der Waals surface area (Å²) in [5.74, 6) is -1.09. The lowest BCUT2D eigenvalue weighted by molar-refractivity contribution is -0.142. The van der Waals surface area contributed by atoms with Crippen molar-refractivity contribution in [1.29, 1.82) is 5.41 Å². The molecule has 0 unspecified atom stereocenters. The van der Waals surface area contributed by atoms with E-state index in [0.29, 0.717) is 0 Å². The number of carboxylic acids is 1. The molecule has 0 aromatic carbocycles. The first-order valence-electron chi connectivity index (χ1n) is 5.20. The minimum atomic E-state index is -1.09. The molecule has 0 spiro atoms. The molecule has 2 amide bonds. The number of piperidine rings is 1. The molecule has 2 bridgehead atoms. The van der Waals surface area contributed by atoms with Crippen LogP contribution in [-0.2, 0) is 9.63 Å². The Labute approximate surface area is 97.7 Å². The first kappa shape index (κ1) is 11.6. The van der Waals surface area contributed by atoms with Gasteiger partial charge in [-0.2, -0.15) is 5.06 Å². The predicted molar refractivity (Wildman–Crippen MR) is 57.6 cm³/mol. The molecule has 92 valence electrons. The van der Waals surface area contributed by atoms with Gasteiger partial charge in [0.05, 0.1) is 13.2 Å². The first-order valence-corrected chi connectivity index (χ1v) is 5.20. The van der Waals surface area contributed by atoms with E-state index in [1.807, 2.05) is 0 Å². The number of hydroxylamine groups is 2. The van der Waals surface area contributed by atoms with E-state index in [1.54, 1.807) is 0 Å². The molecule has 2 atom stereocenters. The van der Waals surface area contributed by atoms with Gasteiger partial charge < -0.3 is 15.4 Å². The molecule has 2 heterocycles. The first-order chi connectivity index (χ1) is 8.06. The third-order valence-electron chi connectivity index (χ3n) is 2.90. The van der Waals surface area contributed by atoms with E-state index in [2.05, 4.69) is 6.58 Å². The Hall–Kier alpha value is -1.89. The number of rotatable bonds is 4. The van der Waals surface area contributed by atoms with Crippen molar-refractivity contribution in [3.05, 3.63) is 12.7 Å². The molecule has 7 nitrogen and oxygen atoms in total. The molecular formula is C10H13N3O4. The molecule has 0 aromatic rings. The molecular weight excluding hydrogens is 226 g/mol. The molecule has 0 radical (unpaired) electrons. The Kier molecular flexibility index (Phi) is 2.84. The highest BCUT2D eigenvalue weighted by Crippen LogP contribution is 2.28. The normalized spacial score (nSPS) is 27.5. The van der Waals surface area contributed by atoms with Crippen molar-refractivity contribution in [3.8, 4) is 0 Å². The van der Waals surface area contributed by atoms with Gasteiger partial charge in [-0.3, -0.25) is 4.84 Å². The second-order valence-corrected chi connectivity index (χ2v) is 3.94. The van der Waals surface area contributed by atoms with Gasteiger partial charge in [0, 0.05) is 12.1 Å². The van der Waals surface area contributed by atoms with Crippen LogP contribution in [-0.4, -0.2) is 58.0 Å². The summed E-state index contributed by atoms with van der Waals surface area (Å²) in [6, 6.07) is -1.92. The number of hydrogen-bond acceptors (Lipinski definition) is 4. The summed E-state index contributed by atoms with van der Waals surface area (Å²) in [6.07, 6.45) is 1.54. The molecule has 2 rings (SSSR count). The Morgan fingerprint density at radius 2 is 2.41 bits per heavy atom. The number of amides is 2. The highest BCUT2D eigenvalue weighted by molar-refractivity contribution is 6.00. The van der Waals surface area contributed by atoms with Crippen LogP contribution >= 0.6 is 0 Å². The standard InChI is InChI=1S/C10H13N3O4/c1-2-3-17-13-8-5-12(10(13)16)7(9(14)15)4-6(8)11/h2,7-8,11H,1,3-5H2,(H,14,15)/t7-,8-/m0/s1. The van der Waals surface area contributed by atoms with E-state index in [4.69, 9.17) is 15.4 Å². The average molecular weight is 239 g/mol. The Morgan fingerprint density at radius 3 is 3.00 bits per heavy atom. The van der Waals surface area contributed by atoms with Gasteiger partial charge in [0.15, 0.2) is 0 Å².